The molecule has 0 N–H and O–H groups in total. The van der Waals surface area contributed by atoms with Gasteiger partial charge in [0.15, 0.2) is 6.30 Å². The topological polar surface area (TPSA) is 6.48 Å². The first-order valence-corrected chi connectivity index (χ1v) is 4.50. The highest BCUT2D eigenvalue weighted by Crippen LogP contribution is 2.18. The van der Waals surface area contributed by atoms with Crippen molar-refractivity contribution in [1.29, 1.82) is 0 Å². The Balaban J connectivity index is 2.51. The van der Waals surface area contributed by atoms with Gasteiger partial charge in [-0.15, -0.1) is 0 Å². The molecule has 72 valence electrons. The van der Waals surface area contributed by atoms with E-state index in [1.54, 1.807) is 4.90 Å². The molecule has 3 heteroatoms. The lowest BCUT2D eigenvalue weighted by Crippen LogP contribution is -2.55. The van der Waals surface area contributed by atoms with Crippen molar-refractivity contribution in [3.05, 3.63) is 0 Å². The maximum absolute atomic E-state index is 13.2. The molecule has 0 amide bonds. The van der Waals surface area contributed by atoms with Crippen LogP contribution in [0.4, 0.5) is 4.39 Å². The fraction of sp³-hybridized carbons (Fsp3) is 1.00. The van der Waals surface area contributed by atoms with Crippen LogP contribution in [-0.2, 0) is 0 Å². The maximum atomic E-state index is 13.2. The van der Waals surface area contributed by atoms with Crippen molar-refractivity contribution < 1.29 is 4.39 Å². The van der Waals surface area contributed by atoms with Gasteiger partial charge in [-0.05, 0) is 27.8 Å². The molecule has 0 aromatic carbocycles. The van der Waals surface area contributed by atoms with Gasteiger partial charge in [-0.1, -0.05) is 0 Å². The van der Waals surface area contributed by atoms with Gasteiger partial charge < -0.3 is 0 Å². The molecule has 1 fully saturated rings. The lowest BCUT2D eigenvalue weighted by Gasteiger charge is -2.42. The van der Waals surface area contributed by atoms with Gasteiger partial charge in [0, 0.05) is 25.2 Å². The Hall–Kier alpha value is -0.150. The van der Waals surface area contributed by atoms with Gasteiger partial charge in [0.2, 0.25) is 0 Å². The summed E-state index contributed by atoms with van der Waals surface area (Å²) in [6.07, 6.45) is -0.794. The van der Waals surface area contributed by atoms with Crippen molar-refractivity contribution in [1.82, 2.24) is 9.80 Å². The zero-order valence-electron chi connectivity index (χ0n) is 8.47. The molecule has 1 atom stereocenters. The molecule has 0 aromatic heterocycles. The van der Waals surface area contributed by atoms with Gasteiger partial charge in [-0.2, -0.15) is 0 Å². The minimum Gasteiger partial charge on any atom is -0.293 e. The van der Waals surface area contributed by atoms with Crippen LogP contribution in [-0.4, -0.2) is 48.3 Å². The molecular weight excluding hydrogens is 155 g/mol. The van der Waals surface area contributed by atoms with Gasteiger partial charge in [0.1, 0.15) is 0 Å². The molecule has 12 heavy (non-hydrogen) atoms. The van der Waals surface area contributed by atoms with Gasteiger partial charge in [0.25, 0.3) is 0 Å². The summed E-state index contributed by atoms with van der Waals surface area (Å²) in [7, 11) is 1.84. The highest BCUT2D eigenvalue weighted by Gasteiger charge is 2.30. The quantitative estimate of drug-likeness (QED) is 0.511. The second-order valence-corrected chi connectivity index (χ2v) is 4.53. The van der Waals surface area contributed by atoms with Crippen molar-refractivity contribution in [2.24, 2.45) is 0 Å². The number of piperazine rings is 1. The predicted octanol–water partition coefficient (Wildman–Crippen LogP) is 1.33. The Labute approximate surface area is 74.3 Å². The molecular formula is C9H19FN2. The average molecular weight is 174 g/mol. The van der Waals surface area contributed by atoms with Gasteiger partial charge in [-0.3, -0.25) is 9.80 Å². The predicted molar refractivity (Wildman–Crippen MR) is 48.9 cm³/mol. The number of hydrogen-bond acceptors (Lipinski definition) is 2. The van der Waals surface area contributed by atoms with E-state index in [1.165, 1.54) is 0 Å². The summed E-state index contributed by atoms with van der Waals surface area (Å²) in [5.74, 6) is 0. The van der Waals surface area contributed by atoms with Crippen LogP contribution in [0.5, 0.6) is 0 Å². The molecule has 1 aliphatic rings. The number of halogens is 1. The van der Waals surface area contributed by atoms with Crippen LogP contribution in [0.2, 0.25) is 0 Å². The Bertz CT molecular complexity index is 153. The maximum Gasteiger partial charge on any atom is 0.166 e. The van der Waals surface area contributed by atoms with Crippen LogP contribution < -0.4 is 0 Å². The average Bonchev–Trinajstić information content (AvgIpc) is 1.92. The second kappa shape index (κ2) is 3.30. The molecule has 0 saturated carbocycles. The molecule has 1 saturated heterocycles. The van der Waals surface area contributed by atoms with E-state index in [-0.39, 0.29) is 5.54 Å². The molecule has 0 aromatic rings. The molecule has 1 heterocycles. The highest BCUT2D eigenvalue weighted by molar-refractivity contribution is 4.82. The Morgan fingerprint density at radius 1 is 1.25 bits per heavy atom. The van der Waals surface area contributed by atoms with E-state index in [9.17, 15) is 4.39 Å². The van der Waals surface area contributed by atoms with E-state index in [1.807, 2.05) is 7.05 Å². The van der Waals surface area contributed by atoms with E-state index in [0.29, 0.717) is 6.54 Å². The first-order chi connectivity index (χ1) is 5.41. The van der Waals surface area contributed by atoms with Gasteiger partial charge in [-0.25, -0.2) is 4.39 Å². The van der Waals surface area contributed by atoms with E-state index in [4.69, 9.17) is 0 Å². The fourth-order valence-electron chi connectivity index (χ4n) is 1.44. The van der Waals surface area contributed by atoms with Crippen LogP contribution >= 0.6 is 0 Å². The minimum atomic E-state index is -0.794. The van der Waals surface area contributed by atoms with Gasteiger partial charge >= 0.3 is 0 Å². The third-order valence-electron chi connectivity index (χ3n) is 2.52. The van der Waals surface area contributed by atoms with Crippen LogP contribution in [0.3, 0.4) is 0 Å². The Morgan fingerprint density at radius 3 is 2.25 bits per heavy atom. The smallest absolute Gasteiger partial charge is 0.166 e. The summed E-state index contributed by atoms with van der Waals surface area (Å²) < 4.78 is 13.2. The standard InChI is InChI=1S/C9H19FN2/c1-9(2,3)12-6-5-11(4)8(10)7-12/h8H,5-7H2,1-4H3/t8-/m0/s1. The molecule has 0 spiro atoms. The van der Waals surface area contributed by atoms with Crippen LogP contribution in [0, 0.1) is 0 Å². The first-order valence-electron chi connectivity index (χ1n) is 4.50. The summed E-state index contributed by atoms with van der Waals surface area (Å²) >= 11 is 0. The van der Waals surface area contributed by atoms with E-state index in [2.05, 4.69) is 25.7 Å². The zero-order chi connectivity index (χ0) is 9.35. The zero-order valence-corrected chi connectivity index (χ0v) is 8.47. The number of hydrogen-bond donors (Lipinski definition) is 0. The van der Waals surface area contributed by atoms with Crippen LogP contribution in [0.1, 0.15) is 20.8 Å². The number of nitrogens with zero attached hydrogens (tertiary/aromatic N) is 2. The molecule has 1 aliphatic heterocycles. The molecule has 0 unspecified atom stereocenters. The lowest BCUT2D eigenvalue weighted by atomic mass is 10.0. The molecule has 0 bridgehead atoms. The third kappa shape index (κ3) is 2.17. The summed E-state index contributed by atoms with van der Waals surface area (Å²) in [5.41, 5.74) is 0.103. The van der Waals surface area contributed by atoms with Crippen molar-refractivity contribution in [2.75, 3.05) is 26.7 Å². The van der Waals surface area contributed by atoms with E-state index >= 15 is 0 Å². The molecule has 0 radical (unpaired) electrons. The van der Waals surface area contributed by atoms with Crippen LogP contribution in [0.25, 0.3) is 0 Å². The number of likely N-dealkylation sites (N-methyl/N-ethyl adjacent to an activating group) is 1. The second-order valence-electron chi connectivity index (χ2n) is 4.53. The van der Waals surface area contributed by atoms with Crippen molar-refractivity contribution in [3.8, 4) is 0 Å². The van der Waals surface area contributed by atoms with E-state index in [0.717, 1.165) is 13.1 Å². The van der Waals surface area contributed by atoms with Crippen LogP contribution in [0.15, 0.2) is 0 Å². The summed E-state index contributed by atoms with van der Waals surface area (Å²) in [6, 6.07) is 0. The van der Waals surface area contributed by atoms with Crippen molar-refractivity contribution >= 4 is 0 Å². The Kier molecular flexibility index (Phi) is 2.74. The molecule has 2 nitrogen and oxygen atoms in total. The molecule has 0 aliphatic carbocycles. The SMILES string of the molecule is CN1CCN(C(C)(C)C)C[C@H]1F. The lowest BCUT2D eigenvalue weighted by molar-refractivity contribution is -0.0197. The molecule has 1 rings (SSSR count). The van der Waals surface area contributed by atoms with Crippen molar-refractivity contribution in [2.45, 2.75) is 32.6 Å². The summed E-state index contributed by atoms with van der Waals surface area (Å²) in [4.78, 5) is 3.96. The summed E-state index contributed by atoms with van der Waals surface area (Å²) in [6.45, 7) is 8.74. The third-order valence-corrected chi connectivity index (χ3v) is 2.52. The summed E-state index contributed by atoms with van der Waals surface area (Å²) in [5, 5.41) is 0. The van der Waals surface area contributed by atoms with E-state index < -0.39 is 6.30 Å². The Morgan fingerprint density at radius 2 is 1.83 bits per heavy atom. The first kappa shape index (κ1) is 9.93. The minimum absolute atomic E-state index is 0.103. The van der Waals surface area contributed by atoms with Gasteiger partial charge in [0.05, 0.1) is 0 Å². The van der Waals surface area contributed by atoms with Crippen molar-refractivity contribution in [3.63, 3.8) is 0 Å². The normalized spacial score (nSPS) is 29.2. The number of alkyl halides is 1. The highest BCUT2D eigenvalue weighted by atomic mass is 19.1. The number of rotatable bonds is 0. The monoisotopic (exact) mass is 174 g/mol. The largest absolute Gasteiger partial charge is 0.293 e. The fourth-order valence-corrected chi connectivity index (χ4v) is 1.44.